The Morgan fingerprint density at radius 1 is 1.44 bits per heavy atom. The van der Waals surface area contributed by atoms with Crippen molar-refractivity contribution in [3.05, 3.63) is 29.3 Å². The first kappa shape index (κ1) is 11.0. The van der Waals surface area contributed by atoms with E-state index in [9.17, 15) is 0 Å². The second kappa shape index (κ2) is 3.83. The van der Waals surface area contributed by atoms with Crippen LogP contribution < -0.4 is 4.74 Å². The van der Waals surface area contributed by atoms with E-state index in [-0.39, 0.29) is 11.5 Å². The quantitative estimate of drug-likeness (QED) is 0.719. The van der Waals surface area contributed by atoms with Crippen LogP contribution in [0, 0.1) is 11.3 Å². The standard InChI is InChI=1S/C14H17NO/c1-10(9-15)11-4-5-13-12(8-11)6-7-14(2,3)16-13/h4-5,8,10H,6-7H2,1-3H3/t10-/m0/s1. The molecule has 0 spiro atoms. The van der Waals surface area contributed by atoms with Gasteiger partial charge in [0.2, 0.25) is 0 Å². The summed E-state index contributed by atoms with van der Waals surface area (Å²) in [5, 5.41) is 8.89. The molecule has 0 amide bonds. The van der Waals surface area contributed by atoms with Gasteiger partial charge >= 0.3 is 0 Å². The fraction of sp³-hybridized carbons (Fsp3) is 0.500. The Morgan fingerprint density at radius 3 is 2.88 bits per heavy atom. The van der Waals surface area contributed by atoms with E-state index in [2.05, 4.69) is 26.0 Å². The smallest absolute Gasteiger partial charge is 0.123 e. The van der Waals surface area contributed by atoms with E-state index in [1.165, 1.54) is 5.56 Å². The van der Waals surface area contributed by atoms with Gasteiger partial charge in [-0.15, -0.1) is 0 Å². The largest absolute Gasteiger partial charge is 0.488 e. The maximum absolute atomic E-state index is 8.89. The van der Waals surface area contributed by atoms with E-state index < -0.39 is 0 Å². The summed E-state index contributed by atoms with van der Waals surface area (Å²) in [6.07, 6.45) is 2.07. The first-order valence-electron chi connectivity index (χ1n) is 5.73. The lowest BCUT2D eigenvalue weighted by molar-refractivity contribution is 0.0846. The molecule has 0 bridgehead atoms. The van der Waals surface area contributed by atoms with Crippen molar-refractivity contribution in [1.82, 2.24) is 0 Å². The highest BCUT2D eigenvalue weighted by Gasteiger charge is 2.26. The summed E-state index contributed by atoms with van der Waals surface area (Å²) in [4.78, 5) is 0. The molecule has 1 atom stereocenters. The zero-order valence-electron chi connectivity index (χ0n) is 10.1. The normalized spacial score (nSPS) is 19.1. The SMILES string of the molecule is C[C@@H](C#N)c1ccc2c(c1)CCC(C)(C)O2. The van der Waals surface area contributed by atoms with Crippen molar-refractivity contribution < 1.29 is 4.74 Å². The zero-order valence-corrected chi connectivity index (χ0v) is 10.1. The fourth-order valence-electron chi connectivity index (χ4n) is 2.02. The molecule has 1 aromatic carbocycles. The summed E-state index contributed by atoms with van der Waals surface area (Å²) in [6.45, 7) is 6.15. The molecule has 84 valence electrons. The Morgan fingerprint density at radius 2 is 2.19 bits per heavy atom. The molecule has 0 unspecified atom stereocenters. The summed E-state index contributed by atoms with van der Waals surface area (Å²) in [7, 11) is 0. The molecule has 1 heterocycles. The number of nitrogens with zero attached hydrogens (tertiary/aromatic N) is 1. The Kier molecular flexibility index (Phi) is 2.63. The summed E-state index contributed by atoms with van der Waals surface area (Å²) in [5.41, 5.74) is 2.26. The molecule has 1 aromatic rings. The maximum atomic E-state index is 8.89. The number of nitriles is 1. The van der Waals surface area contributed by atoms with E-state index in [0.717, 1.165) is 24.2 Å². The molecule has 0 aromatic heterocycles. The second-order valence-electron chi connectivity index (χ2n) is 5.08. The van der Waals surface area contributed by atoms with Gasteiger partial charge in [0.1, 0.15) is 11.4 Å². The summed E-state index contributed by atoms with van der Waals surface area (Å²) < 4.78 is 5.90. The van der Waals surface area contributed by atoms with Crippen molar-refractivity contribution in [2.75, 3.05) is 0 Å². The van der Waals surface area contributed by atoms with E-state index in [0.29, 0.717) is 0 Å². The molecule has 2 heteroatoms. The lowest BCUT2D eigenvalue weighted by atomic mass is 9.91. The van der Waals surface area contributed by atoms with E-state index in [1.54, 1.807) is 0 Å². The van der Waals surface area contributed by atoms with Crippen molar-refractivity contribution in [2.45, 2.75) is 45.1 Å². The number of rotatable bonds is 1. The molecule has 16 heavy (non-hydrogen) atoms. The van der Waals surface area contributed by atoms with Crippen LogP contribution in [0.3, 0.4) is 0 Å². The molecule has 0 radical (unpaired) electrons. The number of hydrogen-bond acceptors (Lipinski definition) is 2. The predicted molar refractivity (Wildman–Crippen MR) is 63.5 cm³/mol. The van der Waals surface area contributed by atoms with Crippen LogP contribution >= 0.6 is 0 Å². The summed E-state index contributed by atoms with van der Waals surface area (Å²) >= 11 is 0. The van der Waals surface area contributed by atoms with E-state index in [1.807, 2.05) is 19.1 Å². The Balaban J connectivity index is 2.32. The molecule has 0 aliphatic carbocycles. The van der Waals surface area contributed by atoms with Crippen molar-refractivity contribution >= 4 is 0 Å². The van der Waals surface area contributed by atoms with Crippen LogP contribution in [0.25, 0.3) is 0 Å². The molecule has 2 nitrogen and oxygen atoms in total. The zero-order chi connectivity index (χ0) is 11.8. The van der Waals surface area contributed by atoms with Crippen molar-refractivity contribution in [1.29, 1.82) is 5.26 Å². The summed E-state index contributed by atoms with van der Waals surface area (Å²) in [5.74, 6) is 0.936. The van der Waals surface area contributed by atoms with Gasteiger partial charge in [-0.05, 0) is 50.8 Å². The molecule has 0 saturated carbocycles. The van der Waals surface area contributed by atoms with Gasteiger partial charge in [-0.3, -0.25) is 0 Å². The molecular weight excluding hydrogens is 198 g/mol. The Hall–Kier alpha value is -1.49. The van der Waals surface area contributed by atoms with Crippen LogP contribution in [0.4, 0.5) is 0 Å². The third kappa shape index (κ3) is 2.04. The van der Waals surface area contributed by atoms with Gasteiger partial charge in [-0.25, -0.2) is 0 Å². The average Bonchev–Trinajstić information content (AvgIpc) is 2.26. The van der Waals surface area contributed by atoms with Crippen molar-refractivity contribution in [2.24, 2.45) is 0 Å². The highest BCUT2D eigenvalue weighted by atomic mass is 16.5. The second-order valence-corrected chi connectivity index (χ2v) is 5.08. The van der Waals surface area contributed by atoms with Crippen LogP contribution in [0.5, 0.6) is 5.75 Å². The molecule has 0 N–H and O–H groups in total. The minimum atomic E-state index is -0.0602. The van der Waals surface area contributed by atoms with Gasteiger partial charge in [-0.2, -0.15) is 5.26 Å². The highest BCUT2D eigenvalue weighted by Crippen LogP contribution is 2.34. The molecule has 0 saturated heterocycles. The molecule has 1 aliphatic heterocycles. The fourth-order valence-corrected chi connectivity index (χ4v) is 2.02. The minimum Gasteiger partial charge on any atom is -0.488 e. The van der Waals surface area contributed by atoms with E-state index >= 15 is 0 Å². The van der Waals surface area contributed by atoms with Crippen LogP contribution in [-0.4, -0.2) is 5.60 Å². The lowest BCUT2D eigenvalue weighted by Crippen LogP contribution is -2.32. The maximum Gasteiger partial charge on any atom is 0.123 e. The predicted octanol–water partition coefficient (Wildman–Crippen LogP) is 3.42. The number of aryl methyl sites for hydroxylation is 1. The van der Waals surface area contributed by atoms with Gasteiger partial charge in [0.15, 0.2) is 0 Å². The van der Waals surface area contributed by atoms with Gasteiger partial charge < -0.3 is 4.74 Å². The van der Waals surface area contributed by atoms with Crippen LogP contribution in [0.2, 0.25) is 0 Å². The van der Waals surface area contributed by atoms with Crippen LogP contribution in [-0.2, 0) is 6.42 Å². The third-order valence-corrected chi connectivity index (χ3v) is 3.16. The van der Waals surface area contributed by atoms with Gasteiger partial charge in [0, 0.05) is 0 Å². The van der Waals surface area contributed by atoms with Crippen molar-refractivity contribution in [3.8, 4) is 11.8 Å². The average molecular weight is 215 g/mol. The third-order valence-electron chi connectivity index (χ3n) is 3.16. The first-order chi connectivity index (χ1) is 7.52. The monoisotopic (exact) mass is 215 g/mol. The van der Waals surface area contributed by atoms with Crippen LogP contribution in [0.1, 0.15) is 44.2 Å². The molecule has 0 fully saturated rings. The molecule has 1 aliphatic rings. The number of fused-ring (bicyclic) bond motifs is 1. The number of benzene rings is 1. The van der Waals surface area contributed by atoms with Gasteiger partial charge in [-0.1, -0.05) is 12.1 Å². The number of ether oxygens (including phenoxy) is 1. The molecular formula is C14H17NO. The van der Waals surface area contributed by atoms with E-state index in [4.69, 9.17) is 10.00 Å². The van der Waals surface area contributed by atoms with Crippen LogP contribution in [0.15, 0.2) is 18.2 Å². The van der Waals surface area contributed by atoms with Crippen molar-refractivity contribution in [3.63, 3.8) is 0 Å². The highest BCUT2D eigenvalue weighted by molar-refractivity contribution is 5.41. The van der Waals surface area contributed by atoms with Gasteiger partial charge in [0.25, 0.3) is 0 Å². The summed E-state index contributed by atoms with van der Waals surface area (Å²) in [6, 6.07) is 8.37. The number of hydrogen-bond donors (Lipinski definition) is 0. The topological polar surface area (TPSA) is 33.0 Å². The Bertz CT molecular complexity index is 443. The first-order valence-corrected chi connectivity index (χ1v) is 5.73. The molecule has 2 rings (SSSR count). The van der Waals surface area contributed by atoms with Gasteiger partial charge in [0.05, 0.1) is 12.0 Å². The lowest BCUT2D eigenvalue weighted by Gasteiger charge is -2.32. The minimum absolute atomic E-state index is 0.0414. The Labute approximate surface area is 96.9 Å².